The standard InChI is InChI=1S/C36H47N3O8/c1-45-23-26-31(24-13-5-2-6-14-24)46-35(44)29-27-18-19-36(47-27)30(29)33(42)39(21-11-12-22-40)32(36)34(43)38(25-15-7-3-8-16-25)20-10-4-9-17-28(41)37-26/h2,4-6,10,13-14,18-19,25-27,29-32,40H,3,7-9,11-12,15-17,20-23H2,1H3,(H,37,41)/b10-4-/t26-,27+,29-,30-,31-,32+,36-/m0/s1. The number of benzene rings is 1. The summed E-state index contributed by atoms with van der Waals surface area (Å²) in [6.45, 7) is 0.682. The van der Waals surface area contributed by atoms with Gasteiger partial charge >= 0.3 is 5.97 Å². The Balaban J connectivity index is 1.41. The second-order valence-corrected chi connectivity index (χ2v) is 13.4. The van der Waals surface area contributed by atoms with E-state index in [2.05, 4.69) is 5.32 Å². The number of likely N-dealkylation sites (tertiary alicyclic amines) is 1. The van der Waals surface area contributed by atoms with Gasteiger partial charge in [0.25, 0.3) is 0 Å². The maximum atomic E-state index is 14.8. The molecule has 7 atom stereocenters. The van der Waals surface area contributed by atoms with Crippen LogP contribution in [0.3, 0.4) is 0 Å². The fourth-order valence-electron chi connectivity index (χ4n) is 8.23. The van der Waals surface area contributed by atoms with Crippen molar-refractivity contribution in [1.82, 2.24) is 15.1 Å². The first-order valence-electron chi connectivity index (χ1n) is 17.2. The Kier molecular flexibility index (Phi) is 10.4. The molecule has 4 aliphatic heterocycles. The number of hydrogen-bond donors (Lipinski definition) is 2. The molecule has 5 bridgehead atoms. The number of methoxy groups -OCH3 is 1. The van der Waals surface area contributed by atoms with Crippen LogP contribution in [0.25, 0.3) is 0 Å². The molecule has 254 valence electrons. The fourth-order valence-corrected chi connectivity index (χ4v) is 8.23. The van der Waals surface area contributed by atoms with E-state index in [1.807, 2.05) is 53.5 Å². The van der Waals surface area contributed by atoms with Crippen LogP contribution in [0.1, 0.15) is 69.5 Å². The van der Waals surface area contributed by atoms with Gasteiger partial charge in [-0.25, -0.2) is 0 Å². The number of fused-ring (bicyclic) bond motifs is 2. The van der Waals surface area contributed by atoms with E-state index in [-0.39, 0.29) is 49.9 Å². The molecule has 11 nitrogen and oxygen atoms in total. The number of ether oxygens (including phenoxy) is 3. The highest BCUT2D eigenvalue weighted by Crippen LogP contribution is 2.56. The molecule has 0 aromatic heterocycles. The van der Waals surface area contributed by atoms with Gasteiger partial charge in [-0.2, -0.15) is 0 Å². The minimum Gasteiger partial charge on any atom is -0.455 e. The number of rotatable bonds is 8. The van der Waals surface area contributed by atoms with Crippen molar-refractivity contribution in [3.05, 3.63) is 60.2 Å². The van der Waals surface area contributed by atoms with E-state index in [1.165, 1.54) is 7.11 Å². The number of unbranched alkanes of at least 4 members (excludes halogenated alkanes) is 1. The molecule has 2 N–H and O–H groups in total. The third-order valence-corrected chi connectivity index (χ3v) is 10.4. The lowest BCUT2D eigenvalue weighted by Gasteiger charge is -2.40. The maximum absolute atomic E-state index is 14.8. The van der Waals surface area contributed by atoms with Crippen molar-refractivity contribution in [3.8, 4) is 0 Å². The zero-order valence-electron chi connectivity index (χ0n) is 27.1. The largest absolute Gasteiger partial charge is 0.455 e. The molecule has 1 spiro atoms. The van der Waals surface area contributed by atoms with E-state index >= 15 is 0 Å². The quantitative estimate of drug-likeness (QED) is 0.250. The van der Waals surface area contributed by atoms with Crippen molar-refractivity contribution < 1.29 is 38.5 Å². The summed E-state index contributed by atoms with van der Waals surface area (Å²) >= 11 is 0. The summed E-state index contributed by atoms with van der Waals surface area (Å²) < 4.78 is 18.3. The van der Waals surface area contributed by atoms with Crippen LogP contribution < -0.4 is 5.32 Å². The number of carbonyl (C=O) groups is 4. The molecule has 1 aliphatic carbocycles. The molecule has 5 aliphatic rings. The van der Waals surface area contributed by atoms with Crippen LogP contribution in [0.15, 0.2) is 54.6 Å². The van der Waals surface area contributed by atoms with Crippen LogP contribution in [0.5, 0.6) is 0 Å². The SMILES string of the molecule is COC[C@@H]1NC(=O)CC/C=C\CN(C2CCCCC2)C(=O)[C@H]2N(CCCCO)C(=O)[C@@H]3[C@@H](C(=O)O[C@H]1c1ccccc1)[C@H]1C=C[C@]32O1. The lowest BCUT2D eigenvalue weighted by Crippen LogP contribution is -2.58. The second kappa shape index (κ2) is 14.7. The first-order valence-corrected chi connectivity index (χ1v) is 17.2. The molecule has 2 saturated heterocycles. The maximum Gasteiger partial charge on any atom is 0.313 e. The molecule has 4 heterocycles. The molecule has 11 heteroatoms. The first-order chi connectivity index (χ1) is 22.9. The summed E-state index contributed by atoms with van der Waals surface area (Å²) in [5, 5.41) is 12.5. The summed E-state index contributed by atoms with van der Waals surface area (Å²) in [6.07, 6.45) is 12.4. The van der Waals surface area contributed by atoms with E-state index in [1.54, 1.807) is 11.0 Å². The molecule has 1 aromatic rings. The number of carbonyl (C=O) groups excluding carboxylic acids is 4. The topological polar surface area (TPSA) is 135 Å². The summed E-state index contributed by atoms with van der Waals surface area (Å²) in [7, 11) is 1.53. The second-order valence-electron chi connectivity index (χ2n) is 13.4. The number of allylic oxidation sites excluding steroid dienone is 1. The van der Waals surface area contributed by atoms with Gasteiger partial charge in [-0.1, -0.05) is 73.9 Å². The van der Waals surface area contributed by atoms with E-state index in [9.17, 15) is 24.3 Å². The molecule has 0 unspecified atom stereocenters. The predicted octanol–water partition coefficient (Wildman–Crippen LogP) is 2.84. The highest BCUT2D eigenvalue weighted by atomic mass is 16.6. The minimum absolute atomic E-state index is 0.0147. The highest BCUT2D eigenvalue weighted by Gasteiger charge is 2.73. The average molecular weight is 650 g/mol. The molecule has 0 radical (unpaired) electrons. The third kappa shape index (κ3) is 6.49. The molecule has 1 aromatic carbocycles. The van der Waals surface area contributed by atoms with Gasteiger partial charge in [0.2, 0.25) is 17.7 Å². The highest BCUT2D eigenvalue weighted by molar-refractivity contribution is 5.99. The van der Waals surface area contributed by atoms with Crippen molar-refractivity contribution in [3.63, 3.8) is 0 Å². The lowest BCUT2D eigenvalue weighted by molar-refractivity contribution is -0.162. The minimum atomic E-state index is -1.31. The smallest absolute Gasteiger partial charge is 0.313 e. The number of aliphatic hydroxyl groups excluding tert-OH is 1. The number of nitrogens with zero attached hydrogens (tertiary/aromatic N) is 2. The molecular formula is C36H47N3O8. The van der Waals surface area contributed by atoms with Crippen molar-refractivity contribution in [1.29, 1.82) is 0 Å². The predicted molar refractivity (Wildman–Crippen MR) is 172 cm³/mol. The number of cyclic esters (lactones) is 1. The van der Waals surface area contributed by atoms with Gasteiger partial charge < -0.3 is 34.4 Å². The Bertz CT molecular complexity index is 1360. The van der Waals surface area contributed by atoms with E-state index in [0.717, 1.165) is 32.1 Å². The zero-order valence-corrected chi connectivity index (χ0v) is 27.1. The summed E-state index contributed by atoms with van der Waals surface area (Å²) in [6, 6.07) is 7.56. The first kappa shape index (κ1) is 33.4. The summed E-state index contributed by atoms with van der Waals surface area (Å²) in [5.41, 5.74) is -0.635. The number of aliphatic hydroxyl groups is 1. The van der Waals surface area contributed by atoms with Crippen molar-refractivity contribution in [2.75, 3.05) is 33.4 Å². The van der Waals surface area contributed by atoms with Gasteiger partial charge in [0, 0.05) is 39.3 Å². The molecule has 1 saturated carbocycles. The monoisotopic (exact) mass is 649 g/mol. The third-order valence-electron chi connectivity index (χ3n) is 10.4. The number of amides is 3. The number of nitrogens with one attached hydrogen (secondary N) is 1. The van der Waals surface area contributed by atoms with E-state index < -0.39 is 47.7 Å². The van der Waals surface area contributed by atoms with Gasteiger partial charge in [0.15, 0.2) is 0 Å². The van der Waals surface area contributed by atoms with Crippen molar-refractivity contribution in [2.24, 2.45) is 11.8 Å². The van der Waals surface area contributed by atoms with Crippen LogP contribution in [0.4, 0.5) is 0 Å². The molecule has 3 amide bonds. The van der Waals surface area contributed by atoms with Gasteiger partial charge in [-0.15, -0.1) is 0 Å². The van der Waals surface area contributed by atoms with Crippen LogP contribution >= 0.6 is 0 Å². The fraction of sp³-hybridized carbons (Fsp3) is 0.611. The molecule has 3 fully saturated rings. The average Bonchev–Trinajstić information content (AvgIpc) is 3.72. The Morgan fingerprint density at radius 2 is 1.81 bits per heavy atom. The van der Waals surface area contributed by atoms with Gasteiger partial charge in [-0.3, -0.25) is 19.2 Å². The zero-order chi connectivity index (χ0) is 33.0. The van der Waals surface area contributed by atoms with Gasteiger partial charge in [0.05, 0.1) is 24.7 Å². The van der Waals surface area contributed by atoms with Crippen LogP contribution in [0, 0.1) is 11.8 Å². The van der Waals surface area contributed by atoms with Crippen LogP contribution in [0.2, 0.25) is 0 Å². The van der Waals surface area contributed by atoms with E-state index in [0.29, 0.717) is 31.4 Å². The van der Waals surface area contributed by atoms with Crippen molar-refractivity contribution >= 4 is 23.7 Å². The Hall–Kier alpha value is -3.54. The Labute approximate surface area is 276 Å². The summed E-state index contributed by atoms with van der Waals surface area (Å²) in [5.74, 6) is -3.26. The molecule has 47 heavy (non-hydrogen) atoms. The summed E-state index contributed by atoms with van der Waals surface area (Å²) in [4.78, 5) is 60.2. The number of hydrogen-bond acceptors (Lipinski definition) is 8. The Morgan fingerprint density at radius 1 is 1.02 bits per heavy atom. The van der Waals surface area contributed by atoms with Crippen molar-refractivity contribution in [2.45, 2.75) is 93.7 Å². The van der Waals surface area contributed by atoms with Gasteiger partial charge in [-0.05, 0) is 37.7 Å². The van der Waals surface area contributed by atoms with E-state index in [4.69, 9.17) is 14.2 Å². The number of esters is 1. The normalized spacial score (nSPS) is 34.0. The Morgan fingerprint density at radius 3 is 2.55 bits per heavy atom. The molecule has 6 rings (SSSR count). The van der Waals surface area contributed by atoms with Gasteiger partial charge in [0.1, 0.15) is 23.7 Å². The molecular weight excluding hydrogens is 602 g/mol. The van der Waals surface area contributed by atoms with Crippen LogP contribution in [-0.2, 0) is 33.4 Å². The lowest BCUT2D eigenvalue weighted by atomic mass is 9.74. The van der Waals surface area contributed by atoms with Crippen LogP contribution in [-0.4, -0.2) is 102 Å².